The monoisotopic (exact) mass is 161 g/mol. The number of nitrogens with two attached hydrogens (primary N) is 1. The highest BCUT2D eigenvalue weighted by molar-refractivity contribution is 6.07. The lowest BCUT2D eigenvalue weighted by Gasteiger charge is -1.98. The number of ketones is 1. The molecule has 0 aliphatic rings. The van der Waals surface area contributed by atoms with Crippen LogP contribution >= 0.6 is 0 Å². The van der Waals surface area contributed by atoms with Gasteiger partial charge in [0, 0.05) is 5.56 Å². The number of rotatable bonds is 2. The summed E-state index contributed by atoms with van der Waals surface area (Å²) in [4.78, 5) is 11.4. The van der Waals surface area contributed by atoms with Crippen LogP contribution in [0.15, 0.2) is 42.1 Å². The van der Waals surface area contributed by atoms with E-state index in [1.165, 1.54) is 0 Å². The second kappa shape index (κ2) is 3.72. The third-order valence-corrected chi connectivity index (χ3v) is 1.61. The fraction of sp³-hybridized carbons (Fsp3) is 0.100. The minimum atomic E-state index is -0.113. The Morgan fingerprint density at radius 3 is 2.42 bits per heavy atom. The molecule has 1 rings (SSSR count). The number of hydrogen-bond donors (Lipinski definition) is 1. The molecule has 0 saturated heterocycles. The van der Waals surface area contributed by atoms with Gasteiger partial charge in [-0.2, -0.15) is 0 Å². The molecule has 2 heteroatoms. The molecule has 0 atom stereocenters. The van der Waals surface area contributed by atoms with Gasteiger partial charge in [0.25, 0.3) is 0 Å². The van der Waals surface area contributed by atoms with E-state index in [1.54, 1.807) is 25.1 Å². The SMILES string of the molecule is CC=C(N)C(=O)c1ccccc1. The van der Waals surface area contributed by atoms with Gasteiger partial charge in [-0.25, -0.2) is 0 Å². The number of carbonyl (C=O) groups is 1. The molecule has 0 spiro atoms. The van der Waals surface area contributed by atoms with Gasteiger partial charge in [0.15, 0.2) is 0 Å². The Morgan fingerprint density at radius 2 is 1.92 bits per heavy atom. The second-order valence-corrected chi connectivity index (χ2v) is 2.44. The van der Waals surface area contributed by atoms with Crippen molar-refractivity contribution in [1.29, 1.82) is 0 Å². The van der Waals surface area contributed by atoms with E-state index in [0.717, 1.165) is 0 Å². The molecule has 0 saturated carbocycles. The van der Waals surface area contributed by atoms with Crippen molar-refractivity contribution in [3.63, 3.8) is 0 Å². The molecule has 12 heavy (non-hydrogen) atoms. The van der Waals surface area contributed by atoms with E-state index < -0.39 is 0 Å². The molecule has 0 aliphatic carbocycles. The standard InChI is InChI=1S/C10H11NO/c1-2-9(11)10(12)8-6-4-3-5-7-8/h2-7H,11H2,1H3. The predicted molar refractivity (Wildman–Crippen MR) is 48.7 cm³/mol. The highest BCUT2D eigenvalue weighted by Crippen LogP contribution is 2.03. The summed E-state index contributed by atoms with van der Waals surface area (Å²) in [5.74, 6) is -0.113. The summed E-state index contributed by atoms with van der Waals surface area (Å²) in [6.07, 6.45) is 1.61. The second-order valence-electron chi connectivity index (χ2n) is 2.44. The number of Topliss-reactive ketones (excluding diaryl/α,β-unsaturated/α-hetero) is 1. The molecular formula is C10H11NO. The van der Waals surface area contributed by atoms with E-state index >= 15 is 0 Å². The fourth-order valence-corrected chi connectivity index (χ4v) is 0.887. The van der Waals surface area contributed by atoms with Crippen LogP contribution < -0.4 is 5.73 Å². The lowest BCUT2D eigenvalue weighted by atomic mass is 10.1. The van der Waals surface area contributed by atoms with Crippen molar-refractivity contribution in [1.82, 2.24) is 0 Å². The lowest BCUT2D eigenvalue weighted by molar-refractivity contribution is 0.103. The normalized spacial score (nSPS) is 11.2. The summed E-state index contributed by atoms with van der Waals surface area (Å²) in [7, 11) is 0. The van der Waals surface area contributed by atoms with Crippen molar-refractivity contribution in [3.8, 4) is 0 Å². The topological polar surface area (TPSA) is 43.1 Å². The van der Waals surface area contributed by atoms with Gasteiger partial charge in [-0.3, -0.25) is 4.79 Å². The zero-order valence-electron chi connectivity index (χ0n) is 6.95. The van der Waals surface area contributed by atoms with Gasteiger partial charge in [-0.05, 0) is 6.92 Å². The smallest absolute Gasteiger partial charge is 0.208 e. The first-order valence-corrected chi connectivity index (χ1v) is 3.77. The van der Waals surface area contributed by atoms with Crippen molar-refractivity contribution in [3.05, 3.63) is 47.7 Å². The third kappa shape index (κ3) is 1.72. The first-order chi connectivity index (χ1) is 5.75. The third-order valence-electron chi connectivity index (χ3n) is 1.61. The molecule has 0 heterocycles. The van der Waals surface area contributed by atoms with Crippen molar-refractivity contribution in [2.75, 3.05) is 0 Å². The molecule has 0 radical (unpaired) electrons. The molecule has 0 aliphatic heterocycles. The molecule has 0 amide bonds. The molecule has 0 aromatic heterocycles. The van der Waals surface area contributed by atoms with Crippen LogP contribution in [-0.4, -0.2) is 5.78 Å². The Kier molecular flexibility index (Phi) is 2.64. The molecule has 62 valence electrons. The lowest BCUT2D eigenvalue weighted by Crippen LogP contribution is -2.10. The Balaban J connectivity index is 2.94. The van der Waals surface area contributed by atoms with Gasteiger partial charge in [0.05, 0.1) is 5.70 Å². The number of hydrogen-bond acceptors (Lipinski definition) is 2. The Morgan fingerprint density at radius 1 is 1.33 bits per heavy atom. The zero-order valence-corrected chi connectivity index (χ0v) is 6.95. The van der Waals surface area contributed by atoms with Gasteiger partial charge in [0.2, 0.25) is 5.78 Å². The molecule has 2 nitrogen and oxygen atoms in total. The molecule has 0 bridgehead atoms. The minimum Gasteiger partial charge on any atom is -0.396 e. The van der Waals surface area contributed by atoms with E-state index in [9.17, 15) is 4.79 Å². The zero-order chi connectivity index (χ0) is 8.97. The van der Waals surface area contributed by atoms with Crippen LogP contribution in [0.25, 0.3) is 0 Å². The van der Waals surface area contributed by atoms with Crippen molar-refractivity contribution in [2.45, 2.75) is 6.92 Å². The maximum absolute atomic E-state index is 11.4. The van der Waals surface area contributed by atoms with Gasteiger partial charge in [-0.15, -0.1) is 0 Å². The van der Waals surface area contributed by atoms with E-state index in [-0.39, 0.29) is 5.78 Å². The maximum Gasteiger partial charge on any atom is 0.208 e. The van der Waals surface area contributed by atoms with E-state index in [0.29, 0.717) is 11.3 Å². The highest BCUT2D eigenvalue weighted by atomic mass is 16.1. The maximum atomic E-state index is 11.4. The molecule has 1 aromatic carbocycles. The van der Waals surface area contributed by atoms with Crippen molar-refractivity contribution >= 4 is 5.78 Å². The van der Waals surface area contributed by atoms with Crippen LogP contribution in [0.4, 0.5) is 0 Å². The van der Waals surface area contributed by atoms with Gasteiger partial charge in [-0.1, -0.05) is 36.4 Å². The summed E-state index contributed by atoms with van der Waals surface area (Å²) in [6, 6.07) is 8.99. The summed E-state index contributed by atoms with van der Waals surface area (Å²) in [5, 5.41) is 0. The van der Waals surface area contributed by atoms with Crippen molar-refractivity contribution in [2.24, 2.45) is 5.73 Å². The summed E-state index contributed by atoms with van der Waals surface area (Å²) in [6.45, 7) is 1.75. The van der Waals surface area contributed by atoms with E-state index in [2.05, 4.69) is 0 Å². The number of allylic oxidation sites excluding steroid dienone is 2. The van der Waals surface area contributed by atoms with Gasteiger partial charge in [0.1, 0.15) is 0 Å². The van der Waals surface area contributed by atoms with Crippen LogP contribution in [0.3, 0.4) is 0 Å². The average molecular weight is 161 g/mol. The fourth-order valence-electron chi connectivity index (χ4n) is 0.887. The average Bonchev–Trinajstić information content (AvgIpc) is 2.17. The highest BCUT2D eigenvalue weighted by Gasteiger charge is 2.05. The van der Waals surface area contributed by atoms with Crippen LogP contribution in [0, 0.1) is 0 Å². The summed E-state index contributed by atoms with van der Waals surface area (Å²) < 4.78 is 0. The molecule has 2 N–H and O–H groups in total. The Labute approximate surface area is 71.7 Å². The Hall–Kier alpha value is -1.57. The van der Waals surface area contributed by atoms with Crippen LogP contribution in [0.2, 0.25) is 0 Å². The predicted octanol–water partition coefficient (Wildman–Crippen LogP) is 1.73. The quantitative estimate of drug-likeness (QED) is 0.530. The number of benzene rings is 1. The summed E-state index contributed by atoms with van der Waals surface area (Å²) >= 11 is 0. The first kappa shape index (κ1) is 8.53. The molecule has 0 unspecified atom stereocenters. The number of carbonyl (C=O) groups excluding carboxylic acids is 1. The molecular weight excluding hydrogens is 150 g/mol. The van der Waals surface area contributed by atoms with Gasteiger partial charge >= 0.3 is 0 Å². The minimum absolute atomic E-state index is 0.113. The van der Waals surface area contributed by atoms with E-state index in [1.807, 2.05) is 18.2 Å². The van der Waals surface area contributed by atoms with E-state index in [4.69, 9.17) is 5.73 Å². The van der Waals surface area contributed by atoms with Crippen LogP contribution in [-0.2, 0) is 0 Å². The summed E-state index contributed by atoms with van der Waals surface area (Å²) in [5.41, 5.74) is 6.39. The van der Waals surface area contributed by atoms with Crippen LogP contribution in [0.5, 0.6) is 0 Å². The van der Waals surface area contributed by atoms with Crippen LogP contribution in [0.1, 0.15) is 17.3 Å². The largest absolute Gasteiger partial charge is 0.396 e. The first-order valence-electron chi connectivity index (χ1n) is 3.77. The molecule has 1 aromatic rings. The Bertz CT molecular complexity index is 301. The van der Waals surface area contributed by atoms with Gasteiger partial charge < -0.3 is 5.73 Å². The molecule has 0 fully saturated rings. The van der Waals surface area contributed by atoms with Crippen molar-refractivity contribution < 1.29 is 4.79 Å².